The minimum atomic E-state index is 0.270. The molecule has 106 valence electrons. The zero-order chi connectivity index (χ0) is 13.5. The minimum Gasteiger partial charge on any atom is -0.490 e. The van der Waals surface area contributed by atoms with Crippen LogP contribution in [0.25, 0.3) is 0 Å². The predicted octanol–water partition coefficient (Wildman–Crippen LogP) is 2.61. The van der Waals surface area contributed by atoms with Crippen LogP contribution in [0.15, 0.2) is 18.3 Å². The largest absolute Gasteiger partial charge is 0.490 e. The molecule has 0 saturated carbocycles. The van der Waals surface area contributed by atoms with Gasteiger partial charge >= 0.3 is 0 Å². The highest BCUT2D eigenvalue weighted by Gasteiger charge is 2.27. The van der Waals surface area contributed by atoms with Crippen molar-refractivity contribution in [3.05, 3.63) is 18.3 Å². The van der Waals surface area contributed by atoms with Gasteiger partial charge in [0.2, 0.25) is 0 Å². The molecule has 1 fully saturated rings. The maximum atomic E-state index is 9.00. The number of aromatic nitrogens is 1. The summed E-state index contributed by atoms with van der Waals surface area (Å²) in [7, 11) is 0. The summed E-state index contributed by atoms with van der Waals surface area (Å²) in [5.41, 5.74) is 0. The van der Waals surface area contributed by atoms with Crippen LogP contribution in [-0.2, 0) is 0 Å². The molecular weight excluding hydrogens is 240 g/mol. The molecule has 2 rings (SSSR count). The van der Waals surface area contributed by atoms with Crippen molar-refractivity contribution in [2.75, 3.05) is 24.7 Å². The van der Waals surface area contributed by atoms with Gasteiger partial charge in [0.05, 0.1) is 6.61 Å². The fraction of sp³-hybridized carbons (Fsp3) is 0.667. The van der Waals surface area contributed by atoms with E-state index >= 15 is 0 Å². The molecule has 0 spiro atoms. The van der Waals surface area contributed by atoms with E-state index in [1.165, 1.54) is 12.8 Å². The SMILES string of the molecule is CCCOc1cccnc1N1CCCC1CCCO. The van der Waals surface area contributed by atoms with Crippen LogP contribution in [0.4, 0.5) is 5.82 Å². The number of aliphatic hydroxyl groups is 1. The van der Waals surface area contributed by atoms with Crippen LogP contribution in [-0.4, -0.2) is 35.9 Å². The van der Waals surface area contributed by atoms with Crippen molar-refractivity contribution in [1.29, 1.82) is 0 Å². The Labute approximate surface area is 115 Å². The second kappa shape index (κ2) is 7.34. The molecule has 2 heterocycles. The van der Waals surface area contributed by atoms with E-state index in [2.05, 4.69) is 16.8 Å². The Balaban J connectivity index is 2.10. The van der Waals surface area contributed by atoms with Crippen molar-refractivity contribution in [3.63, 3.8) is 0 Å². The van der Waals surface area contributed by atoms with Gasteiger partial charge in [-0.25, -0.2) is 4.98 Å². The topological polar surface area (TPSA) is 45.6 Å². The lowest BCUT2D eigenvalue weighted by atomic mass is 10.1. The average molecular weight is 264 g/mol. The number of rotatable bonds is 7. The van der Waals surface area contributed by atoms with Crippen LogP contribution >= 0.6 is 0 Å². The van der Waals surface area contributed by atoms with Crippen LogP contribution in [0, 0.1) is 0 Å². The highest BCUT2D eigenvalue weighted by atomic mass is 16.5. The normalized spacial score (nSPS) is 18.8. The van der Waals surface area contributed by atoms with E-state index in [0.29, 0.717) is 6.04 Å². The first kappa shape index (κ1) is 14.1. The summed E-state index contributed by atoms with van der Waals surface area (Å²) >= 11 is 0. The maximum absolute atomic E-state index is 9.00. The van der Waals surface area contributed by atoms with Crippen LogP contribution in [0.3, 0.4) is 0 Å². The zero-order valence-electron chi connectivity index (χ0n) is 11.7. The number of pyridine rings is 1. The highest BCUT2D eigenvalue weighted by Crippen LogP contribution is 2.33. The number of hydrogen-bond donors (Lipinski definition) is 1. The smallest absolute Gasteiger partial charge is 0.171 e. The number of aliphatic hydroxyl groups excluding tert-OH is 1. The summed E-state index contributed by atoms with van der Waals surface area (Å²) in [5, 5.41) is 9.00. The molecule has 0 aromatic carbocycles. The second-order valence-corrected chi connectivity index (χ2v) is 5.03. The summed E-state index contributed by atoms with van der Waals surface area (Å²) in [4.78, 5) is 6.86. The lowest BCUT2D eigenvalue weighted by molar-refractivity contribution is 0.279. The Bertz CT molecular complexity index is 384. The van der Waals surface area contributed by atoms with Gasteiger partial charge in [0.25, 0.3) is 0 Å². The molecule has 0 aliphatic carbocycles. The van der Waals surface area contributed by atoms with E-state index in [-0.39, 0.29) is 6.61 Å². The lowest BCUT2D eigenvalue weighted by Gasteiger charge is -2.27. The lowest BCUT2D eigenvalue weighted by Crippen LogP contribution is -2.30. The standard InChI is InChI=1S/C15H24N2O2/c1-2-12-19-14-8-3-9-16-15(14)17-10-4-6-13(17)7-5-11-18/h3,8-9,13,18H,2,4-7,10-12H2,1H3. The van der Waals surface area contributed by atoms with Gasteiger partial charge in [-0.3, -0.25) is 0 Å². The van der Waals surface area contributed by atoms with Gasteiger partial charge in [0.15, 0.2) is 11.6 Å². The molecule has 1 saturated heterocycles. The molecular formula is C15H24N2O2. The highest BCUT2D eigenvalue weighted by molar-refractivity contribution is 5.53. The first-order chi connectivity index (χ1) is 9.36. The van der Waals surface area contributed by atoms with Gasteiger partial charge in [-0.05, 0) is 44.2 Å². The number of ether oxygens (including phenoxy) is 1. The van der Waals surface area contributed by atoms with Gasteiger partial charge in [0.1, 0.15) is 0 Å². The Morgan fingerprint density at radius 3 is 3.21 bits per heavy atom. The van der Waals surface area contributed by atoms with E-state index in [0.717, 1.165) is 44.0 Å². The maximum Gasteiger partial charge on any atom is 0.171 e. The molecule has 0 amide bonds. The molecule has 0 bridgehead atoms. The molecule has 1 N–H and O–H groups in total. The molecule has 19 heavy (non-hydrogen) atoms. The molecule has 1 aromatic heterocycles. The van der Waals surface area contributed by atoms with Crippen LogP contribution < -0.4 is 9.64 Å². The Morgan fingerprint density at radius 1 is 1.53 bits per heavy atom. The van der Waals surface area contributed by atoms with Crippen LogP contribution in [0.1, 0.15) is 39.0 Å². The third kappa shape index (κ3) is 3.60. The van der Waals surface area contributed by atoms with Crippen molar-refractivity contribution in [2.24, 2.45) is 0 Å². The van der Waals surface area contributed by atoms with Crippen molar-refractivity contribution < 1.29 is 9.84 Å². The fourth-order valence-electron chi connectivity index (χ4n) is 2.66. The van der Waals surface area contributed by atoms with Gasteiger partial charge in [-0.2, -0.15) is 0 Å². The van der Waals surface area contributed by atoms with Crippen LogP contribution in [0.2, 0.25) is 0 Å². The Morgan fingerprint density at radius 2 is 2.42 bits per heavy atom. The molecule has 1 aliphatic heterocycles. The molecule has 1 atom stereocenters. The fourth-order valence-corrected chi connectivity index (χ4v) is 2.66. The Kier molecular flexibility index (Phi) is 5.45. The number of anilines is 1. The van der Waals surface area contributed by atoms with Gasteiger partial charge in [-0.1, -0.05) is 6.92 Å². The monoisotopic (exact) mass is 264 g/mol. The van der Waals surface area contributed by atoms with Crippen molar-refractivity contribution in [1.82, 2.24) is 4.98 Å². The molecule has 4 heteroatoms. The quantitative estimate of drug-likeness (QED) is 0.822. The first-order valence-electron chi connectivity index (χ1n) is 7.32. The first-order valence-corrected chi connectivity index (χ1v) is 7.32. The van der Waals surface area contributed by atoms with Crippen molar-refractivity contribution in [3.8, 4) is 5.75 Å². The van der Waals surface area contributed by atoms with Gasteiger partial charge in [0, 0.05) is 25.4 Å². The third-order valence-corrected chi connectivity index (χ3v) is 3.56. The minimum absolute atomic E-state index is 0.270. The number of nitrogens with zero attached hydrogens (tertiary/aromatic N) is 2. The van der Waals surface area contributed by atoms with Gasteiger partial charge < -0.3 is 14.7 Å². The van der Waals surface area contributed by atoms with E-state index in [1.807, 2.05) is 18.3 Å². The molecule has 1 aliphatic rings. The second-order valence-electron chi connectivity index (χ2n) is 5.03. The van der Waals surface area contributed by atoms with Crippen molar-refractivity contribution >= 4 is 5.82 Å². The summed E-state index contributed by atoms with van der Waals surface area (Å²) in [6.07, 6.45) is 7.10. The summed E-state index contributed by atoms with van der Waals surface area (Å²) in [6, 6.07) is 4.42. The molecule has 4 nitrogen and oxygen atoms in total. The summed E-state index contributed by atoms with van der Waals surface area (Å²) < 4.78 is 5.80. The number of hydrogen-bond acceptors (Lipinski definition) is 4. The van der Waals surface area contributed by atoms with Crippen molar-refractivity contribution in [2.45, 2.75) is 45.1 Å². The molecule has 0 radical (unpaired) electrons. The Hall–Kier alpha value is -1.29. The molecule has 1 unspecified atom stereocenters. The van der Waals surface area contributed by atoms with E-state index in [1.54, 1.807) is 0 Å². The zero-order valence-corrected chi connectivity index (χ0v) is 11.7. The third-order valence-electron chi connectivity index (χ3n) is 3.56. The van der Waals surface area contributed by atoms with E-state index in [4.69, 9.17) is 9.84 Å². The average Bonchev–Trinajstić information content (AvgIpc) is 2.91. The van der Waals surface area contributed by atoms with Crippen LogP contribution in [0.5, 0.6) is 5.75 Å². The summed E-state index contributed by atoms with van der Waals surface area (Å²) in [6.45, 7) is 4.14. The predicted molar refractivity (Wildman–Crippen MR) is 76.7 cm³/mol. The van der Waals surface area contributed by atoms with E-state index < -0.39 is 0 Å². The molecule has 1 aromatic rings. The van der Waals surface area contributed by atoms with Gasteiger partial charge in [-0.15, -0.1) is 0 Å². The van der Waals surface area contributed by atoms with E-state index in [9.17, 15) is 0 Å². The summed E-state index contributed by atoms with van der Waals surface area (Å²) in [5.74, 6) is 1.86.